The van der Waals surface area contributed by atoms with E-state index in [1.807, 2.05) is 0 Å². The van der Waals surface area contributed by atoms with Gasteiger partial charge in [0.15, 0.2) is 0 Å². The summed E-state index contributed by atoms with van der Waals surface area (Å²) in [5.74, 6) is -0.362. The molecule has 0 aromatic rings. The van der Waals surface area contributed by atoms with Crippen molar-refractivity contribution in [2.24, 2.45) is 5.92 Å². The molecule has 1 fully saturated rings. The highest BCUT2D eigenvalue weighted by Crippen LogP contribution is 2.28. The van der Waals surface area contributed by atoms with E-state index in [1.165, 1.54) is 0 Å². The van der Waals surface area contributed by atoms with Crippen LogP contribution in [0.4, 0.5) is 8.78 Å². The van der Waals surface area contributed by atoms with Crippen LogP contribution in [0.15, 0.2) is 0 Å². The maximum Gasteiger partial charge on any atom is 0.105 e. The van der Waals surface area contributed by atoms with E-state index < -0.39 is 12.3 Å². The summed E-state index contributed by atoms with van der Waals surface area (Å²) in [6.07, 6.45) is 0.0399. The Balaban J connectivity index is 2.41. The van der Waals surface area contributed by atoms with Crippen LogP contribution in [0.1, 0.15) is 26.2 Å². The molecular formula is C7H12F2. The van der Waals surface area contributed by atoms with Crippen LogP contribution >= 0.6 is 0 Å². The first-order valence-corrected chi connectivity index (χ1v) is 3.50. The van der Waals surface area contributed by atoms with E-state index in [-0.39, 0.29) is 5.92 Å². The number of alkyl halides is 2. The predicted octanol–water partition coefficient (Wildman–Crippen LogP) is 2.48. The Morgan fingerprint density at radius 3 is 1.89 bits per heavy atom. The Morgan fingerprint density at radius 1 is 1.11 bits per heavy atom. The molecule has 2 heteroatoms. The smallest absolute Gasteiger partial charge is 0.105 e. The Kier molecular flexibility index (Phi) is 2.04. The molecule has 0 aromatic carbocycles. The lowest BCUT2D eigenvalue weighted by molar-refractivity contribution is 0.0882. The lowest BCUT2D eigenvalue weighted by Gasteiger charge is -2.25. The summed E-state index contributed by atoms with van der Waals surface area (Å²) >= 11 is 0. The summed E-state index contributed by atoms with van der Waals surface area (Å²) in [6.45, 7) is 1.65. The van der Waals surface area contributed by atoms with E-state index in [0.29, 0.717) is 19.3 Å². The van der Waals surface area contributed by atoms with E-state index in [2.05, 4.69) is 0 Å². The van der Waals surface area contributed by atoms with Gasteiger partial charge in [-0.2, -0.15) is 0 Å². The van der Waals surface area contributed by atoms with E-state index in [4.69, 9.17) is 0 Å². The maximum atomic E-state index is 12.6. The summed E-state index contributed by atoms with van der Waals surface area (Å²) in [6, 6.07) is 0. The summed E-state index contributed by atoms with van der Waals surface area (Å²) < 4.78 is 25.2. The summed E-state index contributed by atoms with van der Waals surface area (Å²) in [7, 11) is 0. The van der Waals surface area contributed by atoms with Crippen molar-refractivity contribution >= 4 is 0 Å². The Hall–Kier alpha value is -0.140. The van der Waals surface area contributed by atoms with Crippen LogP contribution in [0.25, 0.3) is 0 Å². The molecule has 1 aliphatic carbocycles. The molecule has 0 radical (unpaired) electrons. The Morgan fingerprint density at radius 2 is 1.56 bits per heavy atom. The van der Waals surface area contributed by atoms with Crippen molar-refractivity contribution in [3.05, 3.63) is 0 Å². The first-order valence-electron chi connectivity index (χ1n) is 3.50. The average molecular weight is 134 g/mol. The van der Waals surface area contributed by atoms with Gasteiger partial charge in [0.25, 0.3) is 0 Å². The molecule has 0 nitrogen and oxygen atoms in total. The fourth-order valence-electron chi connectivity index (χ4n) is 1.26. The van der Waals surface area contributed by atoms with Crippen molar-refractivity contribution in [1.82, 2.24) is 0 Å². The number of rotatable bonds is 0. The fraction of sp³-hybridized carbons (Fsp3) is 1.00. The molecule has 9 heavy (non-hydrogen) atoms. The zero-order chi connectivity index (χ0) is 6.85. The van der Waals surface area contributed by atoms with Crippen molar-refractivity contribution in [3.8, 4) is 0 Å². The van der Waals surface area contributed by atoms with Crippen LogP contribution in [-0.2, 0) is 0 Å². The van der Waals surface area contributed by atoms with Crippen molar-refractivity contribution in [1.29, 1.82) is 0 Å². The minimum absolute atomic E-state index is 0.362. The Labute approximate surface area is 54.3 Å². The standard InChI is InChI=1S/C7H12F2/c1-5-6(8)3-2-4-7(5)9/h5-7H,2-4H2,1H3. The molecule has 0 saturated heterocycles. The van der Waals surface area contributed by atoms with E-state index in [1.54, 1.807) is 6.92 Å². The van der Waals surface area contributed by atoms with Crippen LogP contribution in [0, 0.1) is 5.92 Å². The molecular weight excluding hydrogens is 122 g/mol. The predicted molar refractivity (Wildman–Crippen MR) is 32.8 cm³/mol. The molecule has 1 saturated carbocycles. The molecule has 1 rings (SSSR count). The molecule has 0 aromatic heterocycles. The molecule has 0 bridgehead atoms. The molecule has 0 heterocycles. The van der Waals surface area contributed by atoms with Crippen LogP contribution < -0.4 is 0 Å². The topological polar surface area (TPSA) is 0 Å². The number of hydrogen-bond acceptors (Lipinski definition) is 0. The van der Waals surface area contributed by atoms with Gasteiger partial charge in [0.2, 0.25) is 0 Å². The van der Waals surface area contributed by atoms with Crippen molar-refractivity contribution < 1.29 is 8.78 Å². The van der Waals surface area contributed by atoms with Gasteiger partial charge in [0.1, 0.15) is 12.3 Å². The van der Waals surface area contributed by atoms with Crippen molar-refractivity contribution in [3.63, 3.8) is 0 Å². The molecule has 0 spiro atoms. The average Bonchev–Trinajstić information content (AvgIpc) is 1.83. The van der Waals surface area contributed by atoms with Gasteiger partial charge >= 0.3 is 0 Å². The molecule has 0 N–H and O–H groups in total. The highest BCUT2D eigenvalue weighted by atomic mass is 19.1. The third-order valence-electron chi connectivity index (χ3n) is 2.10. The van der Waals surface area contributed by atoms with Gasteiger partial charge in [-0.05, 0) is 19.3 Å². The van der Waals surface area contributed by atoms with E-state index >= 15 is 0 Å². The molecule has 0 amide bonds. The maximum absolute atomic E-state index is 12.6. The minimum atomic E-state index is -0.895. The summed E-state index contributed by atoms with van der Waals surface area (Å²) in [5.41, 5.74) is 0. The number of hydrogen-bond donors (Lipinski definition) is 0. The monoisotopic (exact) mass is 134 g/mol. The first-order chi connectivity index (χ1) is 4.22. The SMILES string of the molecule is CC1C(F)CCCC1F. The second-order valence-corrected chi connectivity index (χ2v) is 2.82. The zero-order valence-corrected chi connectivity index (χ0v) is 5.61. The van der Waals surface area contributed by atoms with Crippen LogP contribution in [-0.4, -0.2) is 12.3 Å². The molecule has 0 aliphatic heterocycles. The van der Waals surface area contributed by atoms with Crippen molar-refractivity contribution in [2.45, 2.75) is 38.5 Å². The van der Waals surface area contributed by atoms with Crippen LogP contribution in [0.2, 0.25) is 0 Å². The largest absolute Gasteiger partial charge is 0.247 e. The Bertz CT molecular complexity index is 82.9. The lowest BCUT2D eigenvalue weighted by Crippen LogP contribution is -2.28. The minimum Gasteiger partial charge on any atom is -0.247 e. The first kappa shape index (κ1) is 6.97. The third-order valence-corrected chi connectivity index (χ3v) is 2.10. The fourth-order valence-corrected chi connectivity index (χ4v) is 1.26. The van der Waals surface area contributed by atoms with Gasteiger partial charge in [-0.1, -0.05) is 6.92 Å². The molecule has 2 atom stereocenters. The normalized spacial score (nSPS) is 45.0. The molecule has 2 unspecified atom stereocenters. The second kappa shape index (κ2) is 2.63. The van der Waals surface area contributed by atoms with E-state index in [0.717, 1.165) is 0 Å². The zero-order valence-electron chi connectivity index (χ0n) is 5.61. The van der Waals surface area contributed by atoms with Crippen molar-refractivity contribution in [2.75, 3.05) is 0 Å². The van der Waals surface area contributed by atoms with Gasteiger partial charge < -0.3 is 0 Å². The van der Waals surface area contributed by atoms with Gasteiger partial charge in [-0.15, -0.1) is 0 Å². The lowest BCUT2D eigenvalue weighted by atomic mass is 9.87. The summed E-state index contributed by atoms with van der Waals surface area (Å²) in [4.78, 5) is 0. The highest BCUT2D eigenvalue weighted by molar-refractivity contribution is 4.78. The third kappa shape index (κ3) is 1.41. The summed E-state index contributed by atoms with van der Waals surface area (Å²) in [5, 5.41) is 0. The quantitative estimate of drug-likeness (QED) is 0.477. The van der Waals surface area contributed by atoms with Crippen LogP contribution in [0.3, 0.4) is 0 Å². The molecule has 54 valence electrons. The van der Waals surface area contributed by atoms with Gasteiger partial charge in [-0.25, -0.2) is 8.78 Å². The highest BCUT2D eigenvalue weighted by Gasteiger charge is 2.29. The second-order valence-electron chi connectivity index (χ2n) is 2.82. The van der Waals surface area contributed by atoms with E-state index in [9.17, 15) is 8.78 Å². The van der Waals surface area contributed by atoms with Gasteiger partial charge in [-0.3, -0.25) is 0 Å². The van der Waals surface area contributed by atoms with Gasteiger partial charge in [0.05, 0.1) is 0 Å². The van der Waals surface area contributed by atoms with Gasteiger partial charge in [0, 0.05) is 5.92 Å². The van der Waals surface area contributed by atoms with Crippen LogP contribution in [0.5, 0.6) is 0 Å². The molecule has 1 aliphatic rings. The number of halogens is 2.